The molecular formula is C33H39FO6. The summed E-state index contributed by atoms with van der Waals surface area (Å²) in [6.45, 7) is 8.20. The standard InChI is InChI=1S/C33H39FO6/c1-5-7-8-9-10-23(3)38-31-20-15-27(22-30(31)34)25-11-13-26(14-12-25)33(36)40-29-18-16-28(17-19-29)39-32(35)24(4)37-21-6-2/h11-20,22-24H,5-10,21H2,1-4H3/t23-,24+/m1/s1. The van der Waals surface area contributed by atoms with Crippen LogP contribution in [-0.2, 0) is 9.53 Å². The summed E-state index contributed by atoms with van der Waals surface area (Å²) in [7, 11) is 0. The van der Waals surface area contributed by atoms with Gasteiger partial charge in [-0.05, 0) is 92.8 Å². The zero-order chi connectivity index (χ0) is 28.9. The lowest BCUT2D eigenvalue weighted by atomic mass is 10.0. The van der Waals surface area contributed by atoms with E-state index in [1.807, 2.05) is 13.8 Å². The Balaban J connectivity index is 1.54. The maximum absolute atomic E-state index is 14.7. The molecule has 0 saturated carbocycles. The molecule has 2 atom stereocenters. The number of unbranched alkanes of at least 4 members (excludes halogenated alkanes) is 3. The highest BCUT2D eigenvalue weighted by Crippen LogP contribution is 2.28. The van der Waals surface area contributed by atoms with E-state index in [9.17, 15) is 14.0 Å². The summed E-state index contributed by atoms with van der Waals surface area (Å²) in [5.74, 6) is -0.577. The van der Waals surface area contributed by atoms with Crippen molar-refractivity contribution in [3.63, 3.8) is 0 Å². The van der Waals surface area contributed by atoms with E-state index in [4.69, 9.17) is 18.9 Å². The average molecular weight is 551 g/mol. The van der Waals surface area contributed by atoms with E-state index in [-0.39, 0.29) is 11.9 Å². The van der Waals surface area contributed by atoms with Crippen molar-refractivity contribution in [1.82, 2.24) is 0 Å². The first-order valence-electron chi connectivity index (χ1n) is 14.0. The van der Waals surface area contributed by atoms with Crippen LogP contribution in [0, 0.1) is 5.82 Å². The molecule has 0 radical (unpaired) electrons. The van der Waals surface area contributed by atoms with Gasteiger partial charge in [0.25, 0.3) is 0 Å². The lowest BCUT2D eigenvalue weighted by molar-refractivity contribution is -0.146. The van der Waals surface area contributed by atoms with Crippen LogP contribution in [0.3, 0.4) is 0 Å². The van der Waals surface area contributed by atoms with E-state index >= 15 is 0 Å². The molecule has 0 saturated heterocycles. The number of halogens is 1. The van der Waals surface area contributed by atoms with E-state index in [0.29, 0.717) is 29.2 Å². The topological polar surface area (TPSA) is 71.1 Å². The number of carbonyl (C=O) groups excluding carboxylic acids is 2. The summed E-state index contributed by atoms with van der Waals surface area (Å²) < 4.78 is 36.6. The molecule has 6 nitrogen and oxygen atoms in total. The zero-order valence-electron chi connectivity index (χ0n) is 23.8. The third kappa shape index (κ3) is 9.49. The van der Waals surface area contributed by atoms with Crippen LogP contribution in [0.1, 0.15) is 76.6 Å². The van der Waals surface area contributed by atoms with Gasteiger partial charge in [-0.1, -0.05) is 51.3 Å². The third-order valence-electron chi connectivity index (χ3n) is 6.33. The van der Waals surface area contributed by atoms with Crippen molar-refractivity contribution in [3.8, 4) is 28.4 Å². The Bertz CT molecular complexity index is 1220. The molecule has 0 spiro atoms. The first-order valence-corrected chi connectivity index (χ1v) is 14.0. The SMILES string of the molecule is CCCCCC[C@@H](C)Oc1ccc(-c2ccc(C(=O)Oc3ccc(OC(=O)[C@H](C)OCCC)cc3)cc2)cc1F. The Kier molecular flexibility index (Phi) is 12.2. The highest BCUT2D eigenvalue weighted by atomic mass is 19.1. The molecule has 0 aliphatic rings. The van der Waals surface area contributed by atoms with Crippen LogP contribution in [-0.4, -0.2) is 30.8 Å². The quantitative estimate of drug-likeness (QED) is 0.108. The van der Waals surface area contributed by atoms with Gasteiger partial charge in [-0.3, -0.25) is 0 Å². The van der Waals surface area contributed by atoms with Crippen LogP contribution < -0.4 is 14.2 Å². The Morgan fingerprint density at radius 2 is 1.43 bits per heavy atom. The molecule has 0 heterocycles. The summed E-state index contributed by atoms with van der Waals surface area (Å²) in [5.41, 5.74) is 1.79. The molecule has 0 aliphatic heterocycles. The fourth-order valence-corrected chi connectivity index (χ4v) is 4.01. The first-order chi connectivity index (χ1) is 19.3. The van der Waals surface area contributed by atoms with Gasteiger partial charge in [-0.2, -0.15) is 0 Å². The molecule has 0 aromatic heterocycles. The second kappa shape index (κ2) is 15.8. The smallest absolute Gasteiger partial charge is 0.343 e. The van der Waals surface area contributed by atoms with Gasteiger partial charge in [0, 0.05) is 6.61 Å². The number of benzene rings is 3. The molecule has 0 bridgehead atoms. The number of esters is 2. The summed E-state index contributed by atoms with van der Waals surface area (Å²) >= 11 is 0. The Labute approximate surface area is 236 Å². The van der Waals surface area contributed by atoms with E-state index in [2.05, 4.69) is 6.92 Å². The van der Waals surface area contributed by atoms with Crippen molar-refractivity contribution < 1.29 is 32.9 Å². The molecule has 7 heteroatoms. The van der Waals surface area contributed by atoms with Gasteiger partial charge in [-0.15, -0.1) is 0 Å². The number of rotatable bonds is 15. The Morgan fingerprint density at radius 3 is 2.05 bits per heavy atom. The summed E-state index contributed by atoms with van der Waals surface area (Å²) in [6.07, 6.45) is 5.58. The highest BCUT2D eigenvalue weighted by Gasteiger charge is 2.16. The minimum absolute atomic E-state index is 0.0532. The average Bonchev–Trinajstić information content (AvgIpc) is 2.96. The monoisotopic (exact) mass is 550 g/mol. The van der Waals surface area contributed by atoms with Gasteiger partial charge in [0.15, 0.2) is 17.7 Å². The molecule has 0 fully saturated rings. The van der Waals surface area contributed by atoms with Gasteiger partial charge >= 0.3 is 11.9 Å². The predicted molar refractivity (Wildman–Crippen MR) is 153 cm³/mol. The highest BCUT2D eigenvalue weighted by molar-refractivity contribution is 5.91. The molecule has 3 rings (SSSR count). The lowest BCUT2D eigenvalue weighted by Gasteiger charge is -2.16. The maximum atomic E-state index is 14.7. The largest absolute Gasteiger partial charge is 0.488 e. The summed E-state index contributed by atoms with van der Waals surface area (Å²) in [4.78, 5) is 24.7. The number of hydrogen-bond donors (Lipinski definition) is 0. The van der Waals surface area contributed by atoms with Gasteiger partial charge in [0.1, 0.15) is 11.5 Å². The van der Waals surface area contributed by atoms with Crippen molar-refractivity contribution in [3.05, 3.63) is 78.1 Å². The maximum Gasteiger partial charge on any atom is 0.343 e. The van der Waals surface area contributed by atoms with Crippen LogP contribution in [0.15, 0.2) is 66.7 Å². The van der Waals surface area contributed by atoms with Crippen LogP contribution in [0.4, 0.5) is 4.39 Å². The number of carbonyl (C=O) groups is 2. The molecule has 0 aliphatic carbocycles. The normalized spacial score (nSPS) is 12.4. The van der Waals surface area contributed by atoms with Crippen molar-refractivity contribution in [2.24, 2.45) is 0 Å². The van der Waals surface area contributed by atoms with Crippen molar-refractivity contribution in [2.45, 2.75) is 78.4 Å². The van der Waals surface area contributed by atoms with Gasteiger partial charge in [0.2, 0.25) is 0 Å². The zero-order valence-corrected chi connectivity index (χ0v) is 23.8. The molecule has 0 unspecified atom stereocenters. The second-order valence-corrected chi connectivity index (χ2v) is 9.80. The van der Waals surface area contributed by atoms with Gasteiger partial charge in [-0.25, -0.2) is 14.0 Å². The Morgan fingerprint density at radius 1 is 0.775 bits per heavy atom. The molecule has 214 valence electrons. The fourth-order valence-electron chi connectivity index (χ4n) is 4.01. The Hall–Kier alpha value is -3.71. The molecular weight excluding hydrogens is 511 g/mol. The minimum Gasteiger partial charge on any atom is -0.488 e. The molecule has 0 amide bonds. The number of ether oxygens (including phenoxy) is 4. The van der Waals surface area contributed by atoms with E-state index in [1.165, 1.54) is 18.9 Å². The second-order valence-electron chi connectivity index (χ2n) is 9.80. The minimum atomic E-state index is -0.669. The first kappa shape index (κ1) is 30.8. The van der Waals surface area contributed by atoms with E-state index in [0.717, 1.165) is 31.2 Å². The third-order valence-corrected chi connectivity index (χ3v) is 6.33. The predicted octanol–water partition coefficient (Wildman–Crippen LogP) is 8.17. The van der Waals surface area contributed by atoms with Crippen LogP contribution in [0.2, 0.25) is 0 Å². The summed E-state index contributed by atoms with van der Waals surface area (Å²) in [6, 6.07) is 17.8. The summed E-state index contributed by atoms with van der Waals surface area (Å²) in [5, 5.41) is 0. The van der Waals surface area contributed by atoms with E-state index in [1.54, 1.807) is 67.6 Å². The number of hydrogen-bond acceptors (Lipinski definition) is 6. The van der Waals surface area contributed by atoms with Gasteiger partial charge in [0.05, 0.1) is 11.7 Å². The molecule has 3 aromatic rings. The lowest BCUT2D eigenvalue weighted by Crippen LogP contribution is -2.26. The molecule has 3 aromatic carbocycles. The molecule has 0 N–H and O–H groups in total. The van der Waals surface area contributed by atoms with Crippen molar-refractivity contribution >= 4 is 11.9 Å². The van der Waals surface area contributed by atoms with E-state index < -0.39 is 23.9 Å². The van der Waals surface area contributed by atoms with Crippen molar-refractivity contribution in [2.75, 3.05) is 6.61 Å². The van der Waals surface area contributed by atoms with Crippen LogP contribution in [0.25, 0.3) is 11.1 Å². The molecule has 40 heavy (non-hydrogen) atoms. The van der Waals surface area contributed by atoms with Crippen molar-refractivity contribution in [1.29, 1.82) is 0 Å². The van der Waals surface area contributed by atoms with Crippen LogP contribution >= 0.6 is 0 Å². The van der Waals surface area contributed by atoms with Crippen LogP contribution in [0.5, 0.6) is 17.2 Å². The fraction of sp³-hybridized carbons (Fsp3) is 0.394. The van der Waals surface area contributed by atoms with Gasteiger partial charge < -0.3 is 18.9 Å².